The lowest BCUT2D eigenvalue weighted by molar-refractivity contribution is -0.147. The molecule has 4 nitrogen and oxygen atoms in total. The molecule has 0 bridgehead atoms. The van der Waals surface area contributed by atoms with Crippen molar-refractivity contribution in [1.29, 1.82) is 0 Å². The fourth-order valence-electron chi connectivity index (χ4n) is 2.86. The summed E-state index contributed by atoms with van der Waals surface area (Å²) in [6, 6.07) is 15.9. The smallest absolute Gasteiger partial charge is 0.331 e. The van der Waals surface area contributed by atoms with E-state index in [2.05, 4.69) is 12.1 Å². The molecule has 0 atom stereocenters. The van der Waals surface area contributed by atoms with Crippen molar-refractivity contribution in [3.8, 4) is 0 Å². The standard InChI is InChI=1S/C22H20FNO3/c23-20-8-4-5-17(15-20)9-10-22(26)27-16-21(25)24-13-11-19(12-14-24)18-6-2-1-3-7-18/h1-11,15H,12-14,16H2/b10-9+. The van der Waals surface area contributed by atoms with Crippen molar-refractivity contribution in [2.24, 2.45) is 0 Å². The molecule has 0 aromatic heterocycles. The SMILES string of the molecule is O=C(/C=C/c1cccc(F)c1)OCC(=O)N1CC=C(c2ccccc2)CC1. The molecule has 138 valence electrons. The second kappa shape index (κ2) is 8.94. The van der Waals surface area contributed by atoms with E-state index >= 15 is 0 Å². The van der Waals surface area contributed by atoms with Gasteiger partial charge in [-0.3, -0.25) is 4.79 Å². The minimum absolute atomic E-state index is 0.231. The van der Waals surface area contributed by atoms with E-state index in [1.54, 1.807) is 17.0 Å². The van der Waals surface area contributed by atoms with Gasteiger partial charge in [0, 0.05) is 19.2 Å². The molecule has 0 fully saturated rings. The number of nitrogens with zero attached hydrogens (tertiary/aromatic N) is 1. The number of benzene rings is 2. The van der Waals surface area contributed by atoms with Crippen LogP contribution in [0.1, 0.15) is 17.5 Å². The predicted octanol–water partition coefficient (Wildman–Crippen LogP) is 3.70. The molecule has 2 aromatic carbocycles. The van der Waals surface area contributed by atoms with Gasteiger partial charge < -0.3 is 9.64 Å². The number of rotatable bonds is 5. The number of carbonyl (C=O) groups is 2. The quantitative estimate of drug-likeness (QED) is 0.600. The maximum absolute atomic E-state index is 13.1. The Morgan fingerprint density at radius 3 is 2.63 bits per heavy atom. The van der Waals surface area contributed by atoms with E-state index < -0.39 is 5.97 Å². The van der Waals surface area contributed by atoms with Crippen LogP contribution in [0.3, 0.4) is 0 Å². The van der Waals surface area contributed by atoms with Gasteiger partial charge in [0.15, 0.2) is 6.61 Å². The van der Waals surface area contributed by atoms with Crippen LogP contribution in [0.15, 0.2) is 66.7 Å². The molecule has 1 amide bonds. The zero-order valence-corrected chi connectivity index (χ0v) is 14.8. The van der Waals surface area contributed by atoms with Crippen LogP contribution in [-0.4, -0.2) is 36.5 Å². The summed E-state index contributed by atoms with van der Waals surface area (Å²) in [5, 5.41) is 0. The Bertz CT molecular complexity index is 874. The fourth-order valence-corrected chi connectivity index (χ4v) is 2.86. The molecular weight excluding hydrogens is 345 g/mol. The number of amides is 1. The first kappa shape index (κ1) is 18.6. The Morgan fingerprint density at radius 1 is 1.11 bits per heavy atom. The largest absolute Gasteiger partial charge is 0.452 e. The fraction of sp³-hybridized carbons (Fsp3) is 0.182. The van der Waals surface area contributed by atoms with Gasteiger partial charge in [0.25, 0.3) is 5.91 Å². The van der Waals surface area contributed by atoms with Crippen molar-refractivity contribution in [2.75, 3.05) is 19.7 Å². The number of ether oxygens (including phenoxy) is 1. The summed E-state index contributed by atoms with van der Waals surface area (Å²) in [6.45, 7) is 0.789. The molecular formula is C22H20FNO3. The predicted molar refractivity (Wildman–Crippen MR) is 102 cm³/mol. The summed E-state index contributed by atoms with van der Waals surface area (Å²) in [6.07, 6.45) is 5.43. The van der Waals surface area contributed by atoms with Crippen LogP contribution < -0.4 is 0 Å². The van der Waals surface area contributed by atoms with E-state index in [-0.39, 0.29) is 18.3 Å². The van der Waals surface area contributed by atoms with Crippen molar-refractivity contribution in [2.45, 2.75) is 6.42 Å². The van der Waals surface area contributed by atoms with Crippen LogP contribution in [0, 0.1) is 5.82 Å². The van der Waals surface area contributed by atoms with E-state index in [0.717, 1.165) is 6.42 Å². The van der Waals surface area contributed by atoms with E-state index in [0.29, 0.717) is 18.7 Å². The third kappa shape index (κ3) is 5.38. The summed E-state index contributed by atoms with van der Waals surface area (Å²) >= 11 is 0. The summed E-state index contributed by atoms with van der Waals surface area (Å²) in [5.41, 5.74) is 2.93. The average Bonchev–Trinajstić information content (AvgIpc) is 2.71. The zero-order valence-electron chi connectivity index (χ0n) is 14.8. The summed E-state index contributed by atoms with van der Waals surface area (Å²) < 4.78 is 18.1. The molecule has 0 N–H and O–H groups in total. The Balaban J connectivity index is 1.47. The molecule has 2 aromatic rings. The van der Waals surface area contributed by atoms with Gasteiger partial charge in [-0.1, -0.05) is 48.5 Å². The maximum Gasteiger partial charge on any atom is 0.331 e. The second-order valence-corrected chi connectivity index (χ2v) is 6.18. The highest BCUT2D eigenvalue weighted by Crippen LogP contribution is 2.21. The minimum Gasteiger partial charge on any atom is -0.452 e. The molecule has 5 heteroatoms. The summed E-state index contributed by atoms with van der Waals surface area (Å²) in [5.74, 6) is -1.25. The van der Waals surface area contributed by atoms with Gasteiger partial charge >= 0.3 is 5.97 Å². The van der Waals surface area contributed by atoms with Crippen LogP contribution in [0.4, 0.5) is 4.39 Å². The molecule has 0 saturated heterocycles. The van der Waals surface area contributed by atoms with E-state index in [9.17, 15) is 14.0 Å². The van der Waals surface area contributed by atoms with Crippen molar-refractivity contribution in [3.63, 3.8) is 0 Å². The zero-order chi connectivity index (χ0) is 19.1. The Morgan fingerprint density at radius 2 is 1.93 bits per heavy atom. The molecule has 3 rings (SSSR count). The minimum atomic E-state index is -0.634. The second-order valence-electron chi connectivity index (χ2n) is 6.18. The van der Waals surface area contributed by atoms with Crippen LogP contribution >= 0.6 is 0 Å². The molecule has 0 unspecified atom stereocenters. The molecule has 1 aliphatic rings. The van der Waals surface area contributed by atoms with Gasteiger partial charge in [-0.2, -0.15) is 0 Å². The van der Waals surface area contributed by atoms with Crippen molar-refractivity contribution >= 4 is 23.5 Å². The topological polar surface area (TPSA) is 46.6 Å². The molecule has 0 spiro atoms. The van der Waals surface area contributed by atoms with Crippen molar-refractivity contribution < 1.29 is 18.7 Å². The number of hydrogen-bond donors (Lipinski definition) is 0. The van der Waals surface area contributed by atoms with Crippen LogP contribution in [-0.2, 0) is 14.3 Å². The number of hydrogen-bond acceptors (Lipinski definition) is 3. The first-order chi connectivity index (χ1) is 13.1. The first-order valence-corrected chi connectivity index (χ1v) is 8.74. The lowest BCUT2D eigenvalue weighted by Gasteiger charge is -2.26. The highest BCUT2D eigenvalue weighted by molar-refractivity contribution is 5.89. The normalized spacial score (nSPS) is 14.1. The van der Waals surface area contributed by atoms with E-state index in [4.69, 9.17) is 4.74 Å². The van der Waals surface area contributed by atoms with Gasteiger partial charge in [-0.15, -0.1) is 0 Å². The van der Waals surface area contributed by atoms with E-state index in [1.165, 1.54) is 35.4 Å². The molecule has 1 aliphatic heterocycles. The van der Waals surface area contributed by atoms with Crippen molar-refractivity contribution in [3.05, 3.63) is 83.7 Å². The third-order valence-corrected chi connectivity index (χ3v) is 4.30. The Hall–Kier alpha value is -3.21. The van der Waals surface area contributed by atoms with Gasteiger partial charge in [0.1, 0.15) is 5.82 Å². The molecule has 0 aliphatic carbocycles. The maximum atomic E-state index is 13.1. The molecule has 0 saturated carbocycles. The summed E-state index contributed by atoms with van der Waals surface area (Å²) in [4.78, 5) is 25.6. The van der Waals surface area contributed by atoms with Crippen LogP contribution in [0.25, 0.3) is 11.6 Å². The number of halogens is 1. The van der Waals surface area contributed by atoms with Crippen molar-refractivity contribution in [1.82, 2.24) is 4.90 Å². The highest BCUT2D eigenvalue weighted by atomic mass is 19.1. The highest BCUT2D eigenvalue weighted by Gasteiger charge is 2.18. The summed E-state index contributed by atoms with van der Waals surface area (Å²) in [7, 11) is 0. The molecule has 0 radical (unpaired) electrons. The number of esters is 1. The lowest BCUT2D eigenvalue weighted by Crippen LogP contribution is -2.37. The average molecular weight is 365 g/mol. The van der Waals surface area contributed by atoms with Crippen LogP contribution in [0.2, 0.25) is 0 Å². The van der Waals surface area contributed by atoms with E-state index in [1.807, 2.05) is 24.3 Å². The van der Waals surface area contributed by atoms with Gasteiger partial charge in [-0.05, 0) is 41.3 Å². The number of carbonyl (C=O) groups excluding carboxylic acids is 2. The van der Waals surface area contributed by atoms with Gasteiger partial charge in [-0.25, -0.2) is 9.18 Å². The Labute approximate surface area is 157 Å². The Kier molecular flexibility index (Phi) is 6.15. The monoisotopic (exact) mass is 365 g/mol. The first-order valence-electron chi connectivity index (χ1n) is 8.74. The molecule has 1 heterocycles. The molecule has 27 heavy (non-hydrogen) atoms. The van der Waals surface area contributed by atoms with Crippen LogP contribution in [0.5, 0.6) is 0 Å². The van der Waals surface area contributed by atoms with Gasteiger partial charge in [0.05, 0.1) is 0 Å². The lowest BCUT2D eigenvalue weighted by atomic mass is 10.00. The third-order valence-electron chi connectivity index (χ3n) is 4.30. The van der Waals surface area contributed by atoms with Gasteiger partial charge in [0.2, 0.25) is 0 Å².